The molecule has 2 nitrogen and oxygen atoms in total. The van der Waals surface area contributed by atoms with Crippen LogP contribution in [0.1, 0.15) is 5.56 Å². The third-order valence-corrected chi connectivity index (χ3v) is 11.0. The molecule has 0 aliphatic carbocycles. The standard InChI is InChI=1S/C26H21O2SSe/c27-29(28,23-15-7-2-8-16-23)26(22-13-5-1-6-14-22)21-30(24-17-9-3-10-18-24)25-19-11-4-12-20-25/h1-21H/q+1/b26-21-. The van der Waals surface area contributed by atoms with Crippen molar-refractivity contribution in [3.63, 3.8) is 0 Å². The van der Waals surface area contributed by atoms with E-state index in [0.29, 0.717) is 15.4 Å². The van der Waals surface area contributed by atoms with Gasteiger partial charge in [0, 0.05) is 0 Å². The molecule has 0 fully saturated rings. The van der Waals surface area contributed by atoms with Crippen LogP contribution in [0.2, 0.25) is 0 Å². The predicted octanol–water partition coefficient (Wildman–Crippen LogP) is 4.35. The van der Waals surface area contributed by atoms with E-state index in [-0.39, 0.29) is 0 Å². The summed E-state index contributed by atoms with van der Waals surface area (Å²) in [7, 11) is -3.67. The summed E-state index contributed by atoms with van der Waals surface area (Å²) in [4.78, 5) is 2.68. The van der Waals surface area contributed by atoms with Crippen LogP contribution in [0.3, 0.4) is 0 Å². The zero-order chi connectivity index (χ0) is 20.8. The van der Waals surface area contributed by atoms with Crippen LogP contribution in [-0.2, 0) is 9.84 Å². The molecule has 148 valence electrons. The van der Waals surface area contributed by atoms with E-state index in [2.05, 4.69) is 24.3 Å². The first-order valence-electron chi connectivity index (χ1n) is 9.57. The first-order chi connectivity index (χ1) is 14.7. The van der Waals surface area contributed by atoms with Crippen LogP contribution in [0.15, 0.2) is 131 Å². The van der Waals surface area contributed by atoms with Gasteiger partial charge < -0.3 is 0 Å². The van der Waals surface area contributed by atoms with Gasteiger partial charge in [-0.05, 0) is 0 Å². The van der Waals surface area contributed by atoms with E-state index in [1.807, 2.05) is 77.8 Å². The molecule has 0 saturated carbocycles. The molecular weight excluding hydrogens is 455 g/mol. The first kappa shape index (κ1) is 20.4. The molecule has 30 heavy (non-hydrogen) atoms. The van der Waals surface area contributed by atoms with Gasteiger partial charge in [0.25, 0.3) is 0 Å². The van der Waals surface area contributed by atoms with Crippen molar-refractivity contribution in [1.82, 2.24) is 0 Å². The van der Waals surface area contributed by atoms with Crippen LogP contribution in [0.4, 0.5) is 0 Å². The summed E-state index contributed by atoms with van der Waals surface area (Å²) in [6, 6.07) is 38.4. The minimum atomic E-state index is -3.67. The van der Waals surface area contributed by atoms with Crippen molar-refractivity contribution in [3.8, 4) is 0 Å². The number of hydrogen-bond donors (Lipinski definition) is 0. The molecule has 0 unspecified atom stereocenters. The summed E-state index contributed by atoms with van der Waals surface area (Å²) in [6.45, 7) is 0. The van der Waals surface area contributed by atoms with Crippen LogP contribution in [0.25, 0.3) is 4.91 Å². The average molecular weight is 476 g/mol. The molecule has 0 N–H and O–H groups in total. The number of sulfone groups is 1. The molecule has 4 aromatic carbocycles. The second-order valence-corrected chi connectivity index (χ2v) is 12.4. The van der Waals surface area contributed by atoms with Crippen LogP contribution in [0, 0.1) is 0 Å². The fraction of sp³-hybridized carbons (Fsp3) is 0. The molecule has 0 atom stereocenters. The predicted molar refractivity (Wildman–Crippen MR) is 126 cm³/mol. The van der Waals surface area contributed by atoms with Crippen LogP contribution >= 0.6 is 0 Å². The molecule has 0 spiro atoms. The third-order valence-electron chi connectivity index (χ3n) is 4.62. The number of rotatable bonds is 6. The maximum absolute atomic E-state index is 13.7. The van der Waals surface area contributed by atoms with Gasteiger partial charge in [0.1, 0.15) is 0 Å². The Kier molecular flexibility index (Phi) is 6.29. The zero-order valence-corrected chi connectivity index (χ0v) is 18.8. The van der Waals surface area contributed by atoms with Gasteiger partial charge in [-0.2, -0.15) is 0 Å². The van der Waals surface area contributed by atoms with E-state index in [1.54, 1.807) is 24.3 Å². The monoisotopic (exact) mass is 477 g/mol. The summed E-state index contributed by atoms with van der Waals surface area (Å²) >= 11 is -1.77. The van der Waals surface area contributed by atoms with E-state index in [4.69, 9.17) is 0 Å². The van der Waals surface area contributed by atoms with Gasteiger partial charge in [-0.3, -0.25) is 0 Å². The molecule has 0 aromatic heterocycles. The molecule has 0 bridgehead atoms. The normalized spacial score (nSPS) is 12.1. The van der Waals surface area contributed by atoms with Crippen molar-refractivity contribution in [2.75, 3.05) is 0 Å². The summed E-state index contributed by atoms with van der Waals surface area (Å²) in [6.07, 6.45) is 0. The Bertz CT molecular complexity index is 1180. The number of benzene rings is 4. The van der Waals surface area contributed by atoms with E-state index >= 15 is 0 Å². The molecule has 0 aliphatic rings. The zero-order valence-electron chi connectivity index (χ0n) is 16.3. The fourth-order valence-electron chi connectivity index (χ4n) is 3.13. The van der Waals surface area contributed by atoms with Gasteiger partial charge in [0.15, 0.2) is 0 Å². The van der Waals surface area contributed by atoms with Gasteiger partial charge in [-0.15, -0.1) is 0 Å². The summed E-state index contributed by atoms with van der Waals surface area (Å²) in [5.41, 5.74) is 0.710. The van der Waals surface area contributed by atoms with Crippen LogP contribution < -0.4 is 8.92 Å². The Morgan fingerprint density at radius 3 is 1.43 bits per heavy atom. The van der Waals surface area contributed by atoms with Gasteiger partial charge in [-0.1, -0.05) is 0 Å². The van der Waals surface area contributed by atoms with Gasteiger partial charge in [-0.25, -0.2) is 0 Å². The molecule has 0 amide bonds. The second-order valence-electron chi connectivity index (χ2n) is 6.63. The minimum absolute atomic E-state index is 0.312. The Hall–Kier alpha value is -2.91. The van der Waals surface area contributed by atoms with E-state index in [9.17, 15) is 8.42 Å². The average Bonchev–Trinajstić information content (AvgIpc) is 2.82. The van der Waals surface area contributed by atoms with Crippen molar-refractivity contribution in [1.29, 1.82) is 0 Å². The van der Waals surface area contributed by atoms with Crippen molar-refractivity contribution in [2.24, 2.45) is 0 Å². The molecule has 0 saturated heterocycles. The van der Waals surface area contributed by atoms with Crippen LogP contribution in [0.5, 0.6) is 0 Å². The van der Waals surface area contributed by atoms with Gasteiger partial charge in [0.05, 0.1) is 0 Å². The summed E-state index contributed by atoms with van der Waals surface area (Å²) < 4.78 is 29.7. The van der Waals surface area contributed by atoms with Crippen molar-refractivity contribution in [3.05, 3.63) is 132 Å². The molecule has 0 radical (unpaired) electrons. The Balaban J connectivity index is 1.95. The van der Waals surface area contributed by atoms with Gasteiger partial charge >= 0.3 is 183 Å². The summed E-state index contributed by atoms with van der Waals surface area (Å²) in [5, 5.41) is 0. The molecule has 4 aromatic rings. The Morgan fingerprint density at radius 2 is 0.967 bits per heavy atom. The van der Waals surface area contributed by atoms with E-state index in [1.165, 1.54) is 8.92 Å². The second kappa shape index (κ2) is 9.27. The first-order valence-corrected chi connectivity index (χ1v) is 13.8. The van der Waals surface area contributed by atoms with Crippen molar-refractivity contribution < 1.29 is 8.42 Å². The topological polar surface area (TPSA) is 34.1 Å². The number of hydrogen-bond acceptors (Lipinski definition) is 2. The summed E-state index contributed by atoms with van der Waals surface area (Å²) in [5.74, 6) is 0. The van der Waals surface area contributed by atoms with Gasteiger partial charge in [0.2, 0.25) is 0 Å². The SMILES string of the molecule is O=S(=O)(/C(=C\[Se+](c1ccccc1)c1ccccc1)c1ccccc1)c1ccccc1. The van der Waals surface area contributed by atoms with Crippen LogP contribution in [-0.4, -0.2) is 22.3 Å². The van der Waals surface area contributed by atoms with Crippen molar-refractivity contribution in [2.45, 2.75) is 4.90 Å². The maximum atomic E-state index is 13.7. The molecular formula is C26H21O2SSe+. The van der Waals surface area contributed by atoms with E-state index < -0.39 is 23.7 Å². The Labute approximate surface area is 182 Å². The Morgan fingerprint density at radius 1 is 0.567 bits per heavy atom. The molecule has 0 heterocycles. The fourth-order valence-corrected chi connectivity index (χ4v) is 9.54. The van der Waals surface area contributed by atoms with Crippen molar-refractivity contribution >= 4 is 37.6 Å². The third kappa shape index (κ3) is 4.47. The molecule has 4 rings (SSSR count). The van der Waals surface area contributed by atoms with E-state index in [0.717, 1.165) is 0 Å². The quantitative estimate of drug-likeness (QED) is 0.388. The molecule has 0 aliphatic heterocycles. The molecule has 4 heteroatoms.